The Labute approximate surface area is 124 Å². The predicted octanol–water partition coefficient (Wildman–Crippen LogP) is 2.14. The van der Waals surface area contributed by atoms with Crippen molar-refractivity contribution >= 4 is 26.8 Å². The lowest BCUT2D eigenvalue weighted by atomic mass is 10.2. The van der Waals surface area contributed by atoms with Crippen molar-refractivity contribution in [3.8, 4) is 0 Å². The fourth-order valence-corrected chi connectivity index (χ4v) is 2.52. The van der Waals surface area contributed by atoms with Gasteiger partial charge in [-0.25, -0.2) is 4.98 Å². The highest BCUT2D eigenvalue weighted by molar-refractivity contribution is 9.10. The maximum Gasteiger partial charge on any atom is 0.261 e. The monoisotopic (exact) mass is 332 g/mol. The first-order chi connectivity index (χ1) is 9.65. The molecule has 0 N–H and O–H groups in total. The first-order valence-electron chi connectivity index (χ1n) is 6.27. The van der Waals surface area contributed by atoms with Gasteiger partial charge in [0.05, 0.1) is 17.2 Å². The maximum atomic E-state index is 12.4. The summed E-state index contributed by atoms with van der Waals surface area (Å²) in [6.07, 6.45) is 4.11. The highest BCUT2D eigenvalue weighted by atomic mass is 79.9. The van der Waals surface area contributed by atoms with Crippen LogP contribution in [0.5, 0.6) is 0 Å². The van der Waals surface area contributed by atoms with Gasteiger partial charge in [-0.05, 0) is 24.3 Å². The van der Waals surface area contributed by atoms with Crippen LogP contribution in [-0.2, 0) is 20.0 Å². The van der Waals surface area contributed by atoms with Crippen LogP contribution in [0.1, 0.15) is 5.69 Å². The summed E-state index contributed by atoms with van der Waals surface area (Å²) in [6, 6.07) is 7.46. The summed E-state index contributed by atoms with van der Waals surface area (Å²) in [7, 11) is 1.90. The molecule has 2 heterocycles. The van der Waals surface area contributed by atoms with E-state index in [4.69, 9.17) is 0 Å². The lowest BCUT2D eigenvalue weighted by Crippen LogP contribution is -2.22. The van der Waals surface area contributed by atoms with Crippen molar-refractivity contribution in [2.45, 2.75) is 13.0 Å². The van der Waals surface area contributed by atoms with Crippen molar-refractivity contribution in [2.24, 2.45) is 7.05 Å². The SMILES string of the molecule is Cn1nccc1CCn1cnc2cc(Br)ccc2c1=O. The molecule has 0 aliphatic carbocycles. The van der Waals surface area contributed by atoms with Crippen molar-refractivity contribution in [3.05, 3.63) is 57.3 Å². The van der Waals surface area contributed by atoms with E-state index >= 15 is 0 Å². The van der Waals surface area contributed by atoms with E-state index in [-0.39, 0.29) is 5.56 Å². The minimum atomic E-state index is -0.00957. The molecule has 0 amide bonds. The minimum Gasteiger partial charge on any atom is -0.298 e. The largest absolute Gasteiger partial charge is 0.298 e. The lowest BCUT2D eigenvalue weighted by Gasteiger charge is -2.07. The van der Waals surface area contributed by atoms with Crippen LogP contribution in [0.15, 0.2) is 46.1 Å². The van der Waals surface area contributed by atoms with Crippen LogP contribution in [0.4, 0.5) is 0 Å². The summed E-state index contributed by atoms with van der Waals surface area (Å²) in [5.74, 6) is 0. The van der Waals surface area contributed by atoms with E-state index in [1.807, 2.05) is 29.9 Å². The molecule has 102 valence electrons. The third-order valence-electron chi connectivity index (χ3n) is 3.32. The first-order valence-corrected chi connectivity index (χ1v) is 7.06. The Bertz CT molecular complexity index is 821. The van der Waals surface area contributed by atoms with E-state index in [1.54, 1.807) is 23.2 Å². The molecule has 0 radical (unpaired) electrons. The Morgan fingerprint density at radius 2 is 2.15 bits per heavy atom. The highest BCUT2D eigenvalue weighted by Gasteiger charge is 2.05. The zero-order valence-corrected chi connectivity index (χ0v) is 12.5. The van der Waals surface area contributed by atoms with E-state index in [0.29, 0.717) is 17.4 Å². The van der Waals surface area contributed by atoms with E-state index in [2.05, 4.69) is 26.0 Å². The topological polar surface area (TPSA) is 52.7 Å². The standard InChI is InChI=1S/C14H13BrN4O/c1-18-11(4-6-17-18)5-7-19-9-16-13-8-10(15)2-3-12(13)14(19)20/h2-4,6,8-9H,5,7H2,1H3. The minimum absolute atomic E-state index is 0.00957. The van der Waals surface area contributed by atoms with E-state index in [0.717, 1.165) is 16.6 Å². The van der Waals surface area contributed by atoms with Gasteiger partial charge in [0, 0.05) is 36.4 Å². The molecule has 0 fully saturated rings. The van der Waals surface area contributed by atoms with Crippen molar-refractivity contribution in [1.29, 1.82) is 0 Å². The van der Waals surface area contributed by atoms with Crippen LogP contribution >= 0.6 is 15.9 Å². The summed E-state index contributed by atoms with van der Waals surface area (Å²) in [4.78, 5) is 16.7. The second kappa shape index (κ2) is 5.20. The van der Waals surface area contributed by atoms with Gasteiger partial charge in [0.1, 0.15) is 0 Å². The first kappa shape index (κ1) is 13.1. The molecule has 1 aromatic carbocycles. The van der Waals surface area contributed by atoms with Gasteiger partial charge in [0.15, 0.2) is 0 Å². The maximum absolute atomic E-state index is 12.4. The van der Waals surface area contributed by atoms with Gasteiger partial charge in [0.25, 0.3) is 5.56 Å². The molecule has 20 heavy (non-hydrogen) atoms. The van der Waals surface area contributed by atoms with Crippen LogP contribution in [0, 0.1) is 0 Å². The lowest BCUT2D eigenvalue weighted by molar-refractivity contribution is 0.618. The van der Waals surface area contributed by atoms with Gasteiger partial charge in [0.2, 0.25) is 0 Å². The number of nitrogens with zero attached hydrogens (tertiary/aromatic N) is 4. The van der Waals surface area contributed by atoms with Gasteiger partial charge < -0.3 is 0 Å². The molecule has 6 heteroatoms. The Morgan fingerprint density at radius 3 is 2.90 bits per heavy atom. The molecule has 0 spiro atoms. The second-order valence-electron chi connectivity index (χ2n) is 4.60. The van der Waals surface area contributed by atoms with Crippen molar-refractivity contribution in [2.75, 3.05) is 0 Å². The zero-order chi connectivity index (χ0) is 14.1. The second-order valence-corrected chi connectivity index (χ2v) is 5.52. The Kier molecular flexibility index (Phi) is 3.40. The molecule has 0 atom stereocenters. The average Bonchev–Trinajstić information content (AvgIpc) is 2.83. The fraction of sp³-hybridized carbons (Fsp3) is 0.214. The molecule has 2 aromatic heterocycles. The summed E-state index contributed by atoms with van der Waals surface area (Å²) < 4.78 is 4.38. The third-order valence-corrected chi connectivity index (χ3v) is 3.81. The number of fused-ring (bicyclic) bond motifs is 1. The van der Waals surface area contributed by atoms with E-state index in [9.17, 15) is 4.79 Å². The van der Waals surface area contributed by atoms with Crippen molar-refractivity contribution in [1.82, 2.24) is 19.3 Å². The number of benzene rings is 1. The van der Waals surface area contributed by atoms with Crippen molar-refractivity contribution < 1.29 is 0 Å². The normalized spacial score (nSPS) is 11.1. The quantitative estimate of drug-likeness (QED) is 0.738. The van der Waals surface area contributed by atoms with Gasteiger partial charge in [-0.1, -0.05) is 15.9 Å². The molecule has 3 aromatic rings. The number of hydrogen-bond acceptors (Lipinski definition) is 3. The van der Waals surface area contributed by atoms with Crippen molar-refractivity contribution in [3.63, 3.8) is 0 Å². The Hall–Kier alpha value is -1.95. The van der Waals surface area contributed by atoms with Crippen LogP contribution in [-0.4, -0.2) is 19.3 Å². The predicted molar refractivity (Wildman–Crippen MR) is 80.6 cm³/mol. The van der Waals surface area contributed by atoms with Crippen LogP contribution in [0.2, 0.25) is 0 Å². The summed E-state index contributed by atoms with van der Waals surface area (Å²) in [6.45, 7) is 0.595. The van der Waals surface area contributed by atoms with E-state index in [1.165, 1.54) is 0 Å². The molecule has 0 aliphatic rings. The fourth-order valence-electron chi connectivity index (χ4n) is 2.17. The van der Waals surface area contributed by atoms with Gasteiger partial charge in [-0.15, -0.1) is 0 Å². The number of aromatic nitrogens is 4. The van der Waals surface area contributed by atoms with Gasteiger partial charge >= 0.3 is 0 Å². The molecular weight excluding hydrogens is 320 g/mol. The van der Waals surface area contributed by atoms with Crippen LogP contribution in [0.3, 0.4) is 0 Å². The number of rotatable bonds is 3. The van der Waals surface area contributed by atoms with E-state index < -0.39 is 0 Å². The molecule has 0 saturated carbocycles. The molecule has 3 rings (SSSR count). The Balaban J connectivity index is 1.93. The van der Waals surface area contributed by atoms with Gasteiger partial charge in [-0.2, -0.15) is 5.10 Å². The molecule has 0 bridgehead atoms. The number of hydrogen-bond donors (Lipinski definition) is 0. The summed E-state index contributed by atoms with van der Waals surface area (Å²) in [5, 5.41) is 4.76. The third kappa shape index (κ3) is 2.38. The average molecular weight is 333 g/mol. The Morgan fingerprint density at radius 1 is 1.30 bits per heavy atom. The number of halogens is 1. The highest BCUT2D eigenvalue weighted by Crippen LogP contribution is 2.14. The summed E-state index contributed by atoms with van der Waals surface area (Å²) >= 11 is 3.38. The summed E-state index contributed by atoms with van der Waals surface area (Å²) in [5.41, 5.74) is 1.79. The smallest absolute Gasteiger partial charge is 0.261 e. The number of aryl methyl sites for hydroxylation is 3. The van der Waals surface area contributed by atoms with Crippen LogP contribution in [0.25, 0.3) is 10.9 Å². The van der Waals surface area contributed by atoms with Crippen LogP contribution < -0.4 is 5.56 Å². The molecule has 0 unspecified atom stereocenters. The van der Waals surface area contributed by atoms with Gasteiger partial charge in [-0.3, -0.25) is 14.0 Å². The molecule has 0 aliphatic heterocycles. The molecular formula is C14H13BrN4O. The molecule has 5 nitrogen and oxygen atoms in total. The molecule has 0 saturated heterocycles. The zero-order valence-electron chi connectivity index (χ0n) is 11.0.